The average Bonchev–Trinajstić information content (AvgIpc) is 3.53. The molecule has 5 rings (SSSR count). The highest BCUT2D eigenvalue weighted by Crippen LogP contribution is 2.44. The summed E-state index contributed by atoms with van der Waals surface area (Å²) in [5.41, 5.74) is 2.39. The van der Waals surface area contributed by atoms with Gasteiger partial charge in [0.15, 0.2) is 0 Å². The second-order valence-corrected chi connectivity index (χ2v) is 9.59. The van der Waals surface area contributed by atoms with E-state index in [2.05, 4.69) is 9.64 Å². The van der Waals surface area contributed by atoms with Crippen molar-refractivity contribution in [2.45, 2.75) is 63.1 Å². The van der Waals surface area contributed by atoms with Crippen LogP contribution in [0.5, 0.6) is 11.5 Å². The third-order valence-electron chi connectivity index (χ3n) is 6.61. The van der Waals surface area contributed by atoms with Crippen LogP contribution in [0, 0.1) is 5.82 Å². The monoisotopic (exact) mass is 511 g/mol. The van der Waals surface area contributed by atoms with Crippen LogP contribution in [0.2, 0.25) is 5.02 Å². The highest BCUT2D eigenvalue weighted by molar-refractivity contribution is 6.30. The summed E-state index contributed by atoms with van der Waals surface area (Å²) in [4.78, 5) is 13.6. The minimum Gasteiger partial charge on any atom is -0.486 e. The zero-order valence-electron chi connectivity index (χ0n) is 18.4. The third kappa shape index (κ3) is 5.34. The van der Waals surface area contributed by atoms with E-state index >= 15 is 0 Å². The minimum atomic E-state index is -4.84. The largest absolute Gasteiger partial charge is 0.573 e. The highest BCUT2D eigenvalue weighted by atomic mass is 35.5. The van der Waals surface area contributed by atoms with Crippen molar-refractivity contribution in [1.29, 1.82) is 0 Å². The first kappa shape index (κ1) is 23.8. The van der Waals surface area contributed by atoms with E-state index in [1.807, 2.05) is 6.08 Å². The number of hydrogen-bond donors (Lipinski definition) is 1. The molecule has 0 unspecified atom stereocenters. The molecule has 2 aromatic rings. The van der Waals surface area contributed by atoms with Gasteiger partial charge < -0.3 is 19.5 Å². The molecule has 2 heterocycles. The SMILES string of the molecule is O=C(O)c1cc(C2CC2)c(CN2C3=C[C@H](Oc4cc(Cl)cc(OC(F)(F)F)c4)C[C@@H]2CC3)cc1F. The zero-order chi connectivity index (χ0) is 24.9. The van der Waals surface area contributed by atoms with E-state index in [1.54, 1.807) is 0 Å². The van der Waals surface area contributed by atoms with Crippen molar-refractivity contribution in [3.63, 3.8) is 0 Å². The quantitative estimate of drug-likeness (QED) is 0.422. The lowest BCUT2D eigenvalue weighted by Crippen LogP contribution is -2.37. The summed E-state index contributed by atoms with van der Waals surface area (Å²) in [7, 11) is 0. The number of ether oxygens (including phenoxy) is 2. The van der Waals surface area contributed by atoms with Gasteiger partial charge in [-0.1, -0.05) is 11.6 Å². The summed E-state index contributed by atoms with van der Waals surface area (Å²) in [5, 5.41) is 9.36. The first-order valence-electron chi connectivity index (χ1n) is 11.3. The first-order chi connectivity index (χ1) is 16.6. The molecule has 1 aliphatic carbocycles. The van der Waals surface area contributed by atoms with E-state index in [4.69, 9.17) is 16.3 Å². The molecule has 1 saturated heterocycles. The first-order valence-corrected chi connectivity index (χ1v) is 11.7. The van der Waals surface area contributed by atoms with Crippen molar-refractivity contribution < 1.29 is 36.9 Å². The van der Waals surface area contributed by atoms with Gasteiger partial charge in [-0.25, -0.2) is 9.18 Å². The predicted molar refractivity (Wildman–Crippen MR) is 119 cm³/mol. The Morgan fingerprint density at radius 2 is 1.86 bits per heavy atom. The number of carbonyl (C=O) groups is 1. The third-order valence-corrected chi connectivity index (χ3v) is 6.83. The molecule has 10 heteroatoms. The number of halogens is 5. The lowest BCUT2D eigenvalue weighted by molar-refractivity contribution is -0.274. The number of rotatable bonds is 7. The van der Waals surface area contributed by atoms with E-state index in [9.17, 15) is 27.5 Å². The van der Waals surface area contributed by atoms with E-state index in [1.165, 1.54) is 18.2 Å². The average molecular weight is 512 g/mol. The Bertz CT molecular complexity index is 1190. The number of hydrogen-bond acceptors (Lipinski definition) is 4. The normalized spacial score (nSPS) is 21.6. The molecule has 1 saturated carbocycles. The fourth-order valence-corrected chi connectivity index (χ4v) is 5.21. The Balaban J connectivity index is 1.34. The van der Waals surface area contributed by atoms with Gasteiger partial charge in [-0.05, 0) is 73.1 Å². The Labute approximate surface area is 203 Å². The van der Waals surface area contributed by atoms with Gasteiger partial charge in [0, 0.05) is 35.8 Å². The molecule has 2 aliphatic heterocycles. The highest BCUT2D eigenvalue weighted by Gasteiger charge is 2.37. The summed E-state index contributed by atoms with van der Waals surface area (Å²) in [6.07, 6.45) is 0.928. The predicted octanol–water partition coefficient (Wildman–Crippen LogP) is 6.65. The summed E-state index contributed by atoms with van der Waals surface area (Å²) in [6, 6.07) is 6.58. The van der Waals surface area contributed by atoms with E-state index in [0.29, 0.717) is 13.0 Å². The Hall–Kier alpha value is -2.94. The number of nitrogens with zero attached hydrogens (tertiary/aromatic N) is 1. The van der Waals surface area contributed by atoms with Crippen LogP contribution in [-0.4, -0.2) is 34.5 Å². The maximum Gasteiger partial charge on any atom is 0.573 e. The second-order valence-electron chi connectivity index (χ2n) is 9.15. The number of carboxylic acids is 1. The van der Waals surface area contributed by atoms with Crippen LogP contribution in [-0.2, 0) is 6.54 Å². The molecule has 1 N–H and O–H groups in total. The second kappa shape index (κ2) is 8.93. The number of benzene rings is 2. The summed E-state index contributed by atoms with van der Waals surface area (Å²) in [5.74, 6) is -2.04. The van der Waals surface area contributed by atoms with Crippen molar-refractivity contribution in [3.05, 3.63) is 69.6 Å². The summed E-state index contributed by atoms with van der Waals surface area (Å²) >= 11 is 5.95. The molecule has 5 nitrogen and oxygen atoms in total. The van der Waals surface area contributed by atoms with Gasteiger partial charge in [0.05, 0.1) is 5.56 Å². The molecule has 3 aliphatic rings. The van der Waals surface area contributed by atoms with Gasteiger partial charge in [0.1, 0.15) is 23.4 Å². The maximum atomic E-state index is 14.5. The van der Waals surface area contributed by atoms with Gasteiger partial charge >= 0.3 is 12.3 Å². The minimum absolute atomic E-state index is 0.0641. The molecule has 0 radical (unpaired) electrons. The standard InChI is InChI=1S/C25H22ClF4NO4/c26-15-6-18(10-20(7-15)35-25(28,29)30)34-19-8-16-3-4-17(9-19)31(16)12-14-5-23(27)22(24(32)33)11-21(14)13-1-2-13/h5-8,10-11,13,17,19H,1-4,9,12H2,(H,32,33)/t17-,19-/m0/s1. The molecular formula is C25H22ClF4NO4. The zero-order valence-corrected chi connectivity index (χ0v) is 19.2. The Morgan fingerprint density at radius 1 is 1.11 bits per heavy atom. The van der Waals surface area contributed by atoms with Crippen molar-refractivity contribution in [2.24, 2.45) is 0 Å². The fraction of sp³-hybridized carbons (Fsp3) is 0.400. The van der Waals surface area contributed by atoms with Crippen molar-refractivity contribution in [3.8, 4) is 11.5 Å². The van der Waals surface area contributed by atoms with Gasteiger partial charge in [-0.15, -0.1) is 13.2 Å². The maximum absolute atomic E-state index is 14.5. The molecule has 2 fully saturated rings. The lowest BCUT2D eigenvalue weighted by atomic mass is 9.97. The smallest absolute Gasteiger partial charge is 0.486 e. The van der Waals surface area contributed by atoms with Crippen molar-refractivity contribution >= 4 is 17.6 Å². The summed E-state index contributed by atoms with van der Waals surface area (Å²) in [6.45, 7) is 0.465. The summed E-state index contributed by atoms with van der Waals surface area (Å²) < 4.78 is 62.2. The number of allylic oxidation sites excluding steroid dienone is 1. The van der Waals surface area contributed by atoms with Crippen LogP contribution < -0.4 is 9.47 Å². The Kier molecular flexibility index (Phi) is 6.07. The molecule has 2 bridgehead atoms. The molecule has 35 heavy (non-hydrogen) atoms. The van der Waals surface area contributed by atoms with Crippen molar-refractivity contribution in [2.75, 3.05) is 0 Å². The number of fused-ring (bicyclic) bond motifs is 2. The topological polar surface area (TPSA) is 59.0 Å². The van der Waals surface area contributed by atoms with Gasteiger partial charge in [0.25, 0.3) is 0 Å². The molecule has 2 aromatic carbocycles. The fourth-order valence-electron chi connectivity index (χ4n) is 5.00. The number of alkyl halides is 3. The lowest BCUT2D eigenvalue weighted by Gasteiger charge is -2.35. The molecular weight excluding hydrogens is 490 g/mol. The van der Waals surface area contributed by atoms with Gasteiger partial charge in [-0.3, -0.25) is 0 Å². The van der Waals surface area contributed by atoms with Gasteiger partial charge in [0.2, 0.25) is 0 Å². The molecule has 0 spiro atoms. The number of carboxylic acid groups (broad SMARTS) is 1. The van der Waals surface area contributed by atoms with Crippen LogP contribution in [0.3, 0.4) is 0 Å². The molecule has 0 amide bonds. The van der Waals surface area contributed by atoms with E-state index in [0.717, 1.165) is 54.6 Å². The van der Waals surface area contributed by atoms with Crippen LogP contribution in [0.25, 0.3) is 0 Å². The van der Waals surface area contributed by atoms with E-state index < -0.39 is 23.9 Å². The Morgan fingerprint density at radius 3 is 2.51 bits per heavy atom. The van der Waals surface area contributed by atoms with Gasteiger partial charge in [-0.2, -0.15) is 0 Å². The molecule has 2 atom stereocenters. The van der Waals surface area contributed by atoms with Crippen LogP contribution >= 0.6 is 11.6 Å². The number of aromatic carboxylic acids is 1. The van der Waals surface area contributed by atoms with Crippen LogP contribution in [0.15, 0.2) is 42.1 Å². The van der Waals surface area contributed by atoms with Crippen LogP contribution in [0.4, 0.5) is 17.6 Å². The van der Waals surface area contributed by atoms with Crippen molar-refractivity contribution in [1.82, 2.24) is 4.90 Å². The molecule has 186 valence electrons. The van der Waals surface area contributed by atoms with Crippen LogP contribution in [0.1, 0.15) is 59.5 Å². The van der Waals surface area contributed by atoms with E-state index in [-0.39, 0.29) is 34.4 Å². The molecule has 0 aromatic heterocycles.